The molecule has 0 saturated carbocycles. The van der Waals surface area contributed by atoms with Crippen LogP contribution >= 0.6 is 0 Å². The summed E-state index contributed by atoms with van der Waals surface area (Å²) in [5.74, 6) is 4.45. The SMILES string of the molecule is CC(C)c1ccc([C@@H](NC(=O)[C@@H]2C[C@@H](F)CN2C(=O)CN(N)/C=C(\N)N(C)C)c2ccccc2)nc1F. The number of nitrogens with two attached hydrogens (primary N) is 2. The lowest BCUT2D eigenvalue weighted by Gasteiger charge is -2.28. The number of nitrogens with one attached hydrogen (secondary N) is 1. The zero-order chi connectivity index (χ0) is 27.3. The van der Waals surface area contributed by atoms with Gasteiger partial charge in [-0.1, -0.05) is 50.2 Å². The molecular weight excluding hydrogens is 480 g/mol. The van der Waals surface area contributed by atoms with Crippen LogP contribution in [0.4, 0.5) is 8.78 Å². The van der Waals surface area contributed by atoms with Crippen LogP contribution in [0.5, 0.6) is 0 Å². The van der Waals surface area contributed by atoms with Crippen molar-refractivity contribution in [2.24, 2.45) is 11.6 Å². The van der Waals surface area contributed by atoms with Crippen LogP contribution in [0, 0.1) is 5.95 Å². The molecule has 1 aliphatic rings. The first kappa shape index (κ1) is 27.9. The fourth-order valence-electron chi connectivity index (χ4n) is 4.15. The molecule has 2 heterocycles. The van der Waals surface area contributed by atoms with E-state index in [9.17, 15) is 18.4 Å². The van der Waals surface area contributed by atoms with Crippen molar-refractivity contribution in [2.45, 2.75) is 44.4 Å². The van der Waals surface area contributed by atoms with Gasteiger partial charge in [0.1, 0.15) is 24.6 Å². The van der Waals surface area contributed by atoms with Crippen molar-refractivity contribution < 1.29 is 18.4 Å². The number of amides is 2. The summed E-state index contributed by atoms with van der Waals surface area (Å²) >= 11 is 0. The first-order chi connectivity index (χ1) is 17.5. The molecule has 1 saturated heterocycles. The molecule has 1 aromatic carbocycles. The average molecular weight is 516 g/mol. The predicted molar refractivity (Wildman–Crippen MR) is 137 cm³/mol. The van der Waals surface area contributed by atoms with Crippen LogP contribution in [0.3, 0.4) is 0 Å². The van der Waals surface area contributed by atoms with E-state index >= 15 is 0 Å². The third-order valence-corrected chi connectivity index (χ3v) is 6.24. The van der Waals surface area contributed by atoms with Gasteiger partial charge in [0.15, 0.2) is 0 Å². The number of benzene rings is 1. The van der Waals surface area contributed by atoms with Crippen LogP contribution in [0.1, 0.15) is 49.0 Å². The Balaban J connectivity index is 1.83. The molecule has 11 heteroatoms. The predicted octanol–water partition coefficient (Wildman–Crippen LogP) is 1.98. The van der Waals surface area contributed by atoms with E-state index in [1.54, 1.807) is 55.4 Å². The Morgan fingerprint density at radius 1 is 1.22 bits per heavy atom. The summed E-state index contributed by atoms with van der Waals surface area (Å²) in [5, 5.41) is 3.95. The molecule has 5 N–H and O–H groups in total. The molecule has 0 spiro atoms. The van der Waals surface area contributed by atoms with Crippen molar-refractivity contribution in [3.63, 3.8) is 0 Å². The van der Waals surface area contributed by atoms with Gasteiger partial charge in [-0.2, -0.15) is 4.39 Å². The molecule has 200 valence electrons. The molecule has 0 bridgehead atoms. The highest BCUT2D eigenvalue weighted by Gasteiger charge is 2.40. The molecule has 1 aromatic heterocycles. The van der Waals surface area contributed by atoms with Crippen molar-refractivity contribution in [1.29, 1.82) is 0 Å². The fraction of sp³-hybridized carbons (Fsp3) is 0.423. The molecule has 0 unspecified atom stereocenters. The number of aromatic nitrogens is 1. The van der Waals surface area contributed by atoms with Gasteiger partial charge in [-0.3, -0.25) is 9.59 Å². The quantitative estimate of drug-likeness (QED) is 0.265. The van der Waals surface area contributed by atoms with Gasteiger partial charge >= 0.3 is 0 Å². The lowest BCUT2D eigenvalue weighted by Crippen LogP contribution is -2.50. The number of nitrogens with zero attached hydrogens (tertiary/aromatic N) is 4. The van der Waals surface area contributed by atoms with Crippen LogP contribution in [-0.2, 0) is 9.59 Å². The second kappa shape index (κ2) is 12.0. The lowest BCUT2D eigenvalue weighted by atomic mass is 9.99. The molecule has 1 fully saturated rings. The Kier molecular flexibility index (Phi) is 9.04. The molecule has 2 aromatic rings. The Morgan fingerprint density at radius 2 is 1.89 bits per heavy atom. The summed E-state index contributed by atoms with van der Waals surface area (Å²) in [4.78, 5) is 33.3. The highest BCUT2D eigenvalue weighted by Crippen LogP contribution is 2.26. The maximum absolute atomic E-state index is 14.7. The maximum atomic E-state index is 14.7. The summed E-state index contributed by atoms with van der Waals surface area (Å²) in [6, 6.07) is 10.4. The van der Waals surface area contributed by atoms with Gasteiger partial charge in [-0.25, -0.2) is 15.2 Å². The van der Waals surface area contributed by atoms with Gasteiger partial charge in [0.05, 0.1) is 24.5 Å². The normalized spacial score (nSPS) is 18.6. The monoisotopic (exact) mass is 515 g/mol. The van der Waals surface area contributed by atoms with Gasteiger partial charge < -0.3 is 25.9 Å². The summed E-state index contributed by atoms with van der Waals surface area (Å²) in [5.41, 5.74) is 7.26. The largest absolute Gasteiger partial charge is 0.384 e. The number of halogens is 2. The number of pyridine rings is 1. The Morgan fingerprint density at radius 3 is 2.49 bits per heavy atom. The molecular formula is C26H35F2N7O2. The molecule has 0 aliphatic carbocycles. The van der Waals surface area contributed by atoms with E-state index in [-0.39, 0.29) is 25.4 Å². The number of hydrogen-bond acceptors (Lipinski definition) is 7. The average Bonchev–Trinajstić information content (AvgIpc) is 3.24. The second-order valence-corrected chi connectivity index (χ2v) is 9.64. The summed E-state index contributed by atoms with van der Waals surface area (Å²) in [7, 11) is 3.44. The van der Waals surface area contributed by atoms with Gasteiger partial charge in [-0.15, -0.1) is 0 Å². The summed E-state index contributed by atoms with van der Waals surface area (Å²) in [6.45, 7) is 3.20. The van der Waals surface area contributed by atoms with Crippen LogP contribution in [0.2, 0.25) is 0 Å². The van der Waals surface area contributed by atoms with Gasteiger partial charge in [-0.05, 0) is 17.5 Å². The van der Waals surface area contributed by atoms with E-state index in [1.165, 1.54) is 11.1 Å². The highest BCUT2D eigenvalue weighted by molar-refractivity contribution is 5.89. The standard InChI is InChI=1S/C26H35F2N7O2/c1-16(2)19-10-11-20(31-25(19)28)24(17-8-6-5-7-9-17)32-26(37)21-12-18(27)13-35(21)23(36)15-34(30)14-22(29)33(3)4/h5-11,14,16,18,21,24H,12-13,15,29-30H2,1-4H3,(H,32,37)/b22-14+/t18-,21+,24+/m1/s1. The van der Waals surface area contributed by atoms with Crippen LogP contribution < -0.4 is 16.9 Å². The first-order valence-corrected chi connectivity index (χ1v) is 12.1. The van der Waals surface area contributed by atoms with E-state index in [0.29, 0.717) is 22.6 Å². The van der Waals surface area contributed by atoms with Crippen molar-refractivity contribution in [3.05, 3.63) is 77.3 Å². The van der Waals surface area contributed by atoms with Crippen molar-refractivity contribution in [3.8, 4) is 0 Å². The van der Waals surface area contributed by atoms with Crippen molar-refractivity contribution in [1.82, 2.24) is 25.1 Å². The highest BCUT2D eigenvalue weighted by atomic mass is 19.1. The first-order valence-electron chi connectivity index (χ1n) is 12.1. The molecule has 3 atom stereocenters. The number of alkyl halides is 1. The van der Waals surface area contributed by atoms with Crippen molar-refractivity contribution >= 4 is 11.8 Å². The number of rotatable bonds is 9. The van der Waals surface area contributed by atoms with Crippen molar-refractivity contribution in [2.75, 3.05) is 27.2 Å². The summed E-state index contributed by atoms with van der Waals surface area (Å²) in [6.07, 6.45) is -0.153. The fourth-order valence-corrected chi connectivity index (χ4v) is 4.15. The van der Waals surface area contributed by atoms with Crippen LogP contribution in [-0.4, -0.2) is 71.0 Å². The number of hydrogen-bond donors (Lipinski definition) is 3. The Labute approximate surface area is 216 Å². The number of carbonyl (C=O) groups is 2. The van der Waals surface area contributed by atoms with E-state index in [2.05, 4.69) is 10.3 Å². The number of hydrazine groups is 1. The minimum Gasteiger partial charge on any atom is -0.384 e. The third-order valence-electron chi connectivity index (χ3n) is 6.24. The number of carbonyl (C=O) groups excluding carboxylic acids is 2. The van der Waals surface area contributed by atoms with E-state index < -0.39 is 36.0 Å². The minimum absolute atomic E-state index is 0.0594. The Bertz CT molecular complexity index is 1130. The maximum Gasteiger partial charge on any atom is 0.244 e. The van der Waals surface area contributed by atoms with E-state index in [4.69, 9.17) is 11.6 Å². The molecule has 1 aliphatic heterocycles. The topological polar surface area (TPSA) is 121 Å². The molecule has 2 amide bonds. The Hall–Kier alpha value is -3.73. The third kappa shape index (κ3) is 6.94. The second-order valence-electron chi connectivity index (χ2n) is 9.64. The molecule has 9 nitrogen and oxygen atoms in total. The molecule has 0 radical (unpaired) electrons. The number of likely N-dealkylation sites (tertiary alicyclic amines) is 1. The van der Waals surface area contributed by atoms with E-state index in [0.717, 1.165) is 5.01 Å². The lowest BCUT2D eigenvalue weighted by molar-refractivity contribution is -0.139. The van der Waals surface area contributed by atoms with Crippen LogP contribution in [0.25, 0.3) is 0 Å². The minimum atomic E-state index is -1.37. The smallest absolute Gasteiger partial charge is 0.244 e. The van der Waals surface area contributed by atoms with E-state index in [1.807, 2.05) is 19.9 Å². The van der Waals surface area contributed by atoms with Gasteiger partial charge in [0, 0.05) is 26.1 Å². The van der Waals surface area contributed by atoms with Crippen LogP contribution in [0.15, 0.2) is 54.5 Å². The van der Waals surface area contributed by atoms with Gasteiger partial charge in [0.25, 0.3) is 0 Å². The zero-order valence-electron chi connectivity index (χ0n) is 21.6. The van der Waals surface area contributed by atoms with Gasteiger partial charge in [0.2, 0.25) is 17.8 Å². The molecule has 3 rings (SSSR count). The summed E-state index contributed by atoms with van der Waals surface area (Å²) < 4.78 is 29.2. The molecule has 37 heavy (non-hydrogen) atoms. The zero-order valence-corrected chi connectivity index (χ0v) is 21.6.